The average molecular weight is 483 g/mol. The van der Waals surface area contributed by atoms with Crippen molar-refractivity contribution >= 4 is 21.4 Å². The zero-order valence-corrected chi connectivity index (χ0v) is 19.7. The van der Waals surface area contributed by atoms with Crippen molar-refractivity contribution in [3.63, 3.8) is 0 Å². The van der Waals surface area contributed by atoms with Gasteiger partial charge in [0.1, 0.15) is 16.5 Å². The number of benzene rings is 2. The Balaban J connectivity index is 1.52. The molecule has 0 aliphatic heterocycles. The van der Waals surface area contributed by atoms with Gasteiger partial charge in [-0.3, -0.25) is 4.79 Å². The second-order valence-electron chi connectivity index (χ2n) is 7.16. The van der Waals surface area contributed by atoms with Gasteiger partial charge in [0.25, 0.3) is 5.56 Å². The maximum atomic E-state index is 12.6. The van der Waals surface area contributed by atoms with Gasteiger partial charge in [0.15, 0.2) is 0 Å². The lowest BCUT2D eigenvalue weighted by Gasteiger charge is -2.09. The largest absolute Gasteiger partial charge is 0.497 e. The van der Waals surface area contributed by atoms with Crippen LogP contribution in [0, 0.1) is 6.92 Å². The highest BCUT2D eigenvalue weighted by molar-refractivity contribution is 7.89. The van der Waals surface area contributed by atoms with E-state index in [1.807, 2.05) is 37.3 Å². The molecule has 0 aliphatic rings. The van der Waals surface area contributed by atoms with Gasteiger partial charge in [-0.1, -0.05) is 36.4 Å². The van der Waals surface area contributed by atoms with Crippen LogP contribution in [0.3, 0.4) is 0 Å². The van der Waals surface area contributed by atoms with E-state index < -0.39 is 10.0 Å². The number of ether oxygens (including phenoxy) is 1. The van der Waals surface area contributed by atoms with Crippen LogP contribution in [0.1, 0.15) is 5.69 Å². The summed E-state index contributed by atoms with van der Waals surface area (Å²) in [4.78, 5) is 17.9. The minimum atomic E-state index is -3.75. The molecule has 0 amide bonds. The molecule has 10 heteroatoms. The molecule has 2 heterocycles. The third kappa shape index (κ3) is 5.19. The van der Waals surface area contributed by atoms with Gasteiger partial charge in [-0.05, 0) is 25.1 Å². The van der Waals surface area contributed by atoms with Crippen LogP contribution in [0.25, 0.3) is 21.1 Å². The van der Waals surface area contributed by atoms with Crippen LogP contribution in [0.5, 0.6) is 5.75 Å². The van der Waals surface area contributed by atoms with Crippen molar-refractivity contribution in [2.75, 3.05) is 13.7 Å². The van der Waals surface area contributed by atoms with Crippen molar-refractivity contribution in [1.29, 1.82) is 0 Å². The summed E-state index contributed by atoms with van der Waals surface area (Å²) in [6.45, 7) is 1.99. The first-order valence-corrected chi connectivity index (χ1v) is 12.4. The van der Waals surface area contributed by atoms with E-state index in [0.717, 1.165) is 21.1 Å². The molecule has 0 saturated heterocycles. The summed E-state index contributed by atoms with van der Waals surface area (Å²) in [5.41, 5.74) is 2.12. The molecule has 4 rings (SSSR count). The van der Waals surface area contributed by atoms with Crippen molar-refractivity contribution in [2.45, 2.75) is 18.4 Å². The van der Waals surface area contributed by atoms with Gasteiger partial charge in [0.05, 0.1) is 29.1 Å². The lowest BCUT2D eigenvalue weighted by atomic mass is 10.2. The summed E-state index contributed by atoms with van der Waals surface area (Å²) in [7, 11) is -2.28. The third-order valence-corrected chi connectivity index (χ3v) is 7.57. The van der Waals surface area contributed by atoms with Crippen LogP contribution in [0.2, 0.25) is 0 Å². The Morgan fingerprint density at radius 3 is 2.61 bits per heavy atom. The summed E-state index contributed by atoms with van der Waals surface area (Å²) in [6.07, 6.45) is 0. The van der Waals surface area contributed by atoms with Crippen LogP contribution in [-0.4, -0.2) is 36.8 Å². The zero-order chi connectivity index (χ0) is 23.4. The number of nitrogens with zero attached hydrogens (tertiary/aromatic N) is 3. The molecular formula is C23H22N4O4S2. The van der Waals surface area contributed by atoms with E-state index in [1.54, 1.807) is 18.2 Å². The number of sulfonamides is 1. The van der Waals surface area contributed by atoms with E-state index in [2.05, 4.69) is 14.8 Å². The fourth-order valence-corrected chi connectivity index (χ4v) is 5.30. The molecule has 8 nitrogen and oxygen atoms in total. The van der Waals surface area contributed by atoms with Crippen molar-refractivity contribution in [2.24, 2.45) is 0 Å². The van der Waals surface area contributed by atoms with Gasteiger partial charge in [-0.15, -0.1) is 11.3 Å². The van der Waals surface area contributed by atoms with Gasteiger partial charge < -0.3 is 4.74 Å². The van der Waals surface area contributed by atoms with E-state index in [4.69, 9.17) is 4.74 Å². The van der Waals surface area contributed by atoms with Crippen LogP contribution < -0.4 is 15.0 Å². The van der Waals surface area contributed by atoms with Gasteiger partial charge in [0, 0.05) is 24.2 Å². The summed E-state index contributed by atoms with van der Waals surface area (Å²) in [6, 6.07) is 19.1. The molecule has 0 bridgehead atoms. The predicted octanol–water partition coefficient (Wildman–Crippen LogP) is 3.33. The molecule has 0 radical (unpaired) electrons. The van der Waals surface area contributed by atoms with Gasteiger partial charge in [-0.25, -0.2) is 22.8 Å². The van der Waals surface area contributed by atoms with Gasteiger partial charge >= 0.3 is 0 Å². The van der Waals surface area contributed by atoms with Gasteiger partial charge in [-0.2, -0.15) is 5.10 Å². The van der Waals surface area contributed by atoms with Gasteiger partial charge in [0.2, 0.25) is 10.0 Å². The summed E-state index contributed by atoms with van der Waals surface area (Å²) in [5, 5.41) is 5.32. The molecule has 1 N–H and O–H groups in total. The molecule has 4 aromatic rings. The summed E-state index contributed by atoms with van der Waals surface area (Å²) < 4.78 is 34.0. The molecule has 0 atom stereocenters. The Kier molecular flexibility index (Phi) is 6.68. The monoisotopic (exact) mass is 482 g/mol. The van der Waals surface area contributed by atoms with Crippen molar-refractivity contribution in [3.8, 4) is 26.9 Å². The van der Waals surface area contributed by atoms with Crippen LogP contribution in [0.15, 0.2) is 76.4 Å². The Morgan fingerprint density at radius 2 is 1.85 bits per heavy atom. The fourth-order valence-electron chi connectivity index (χ4n) is 3.21. The summed E-state index contributed by atoms with van der Waals surface area (Å²) in [5.74, 6) is 0.443. The Bertz CT molecular complexity index is 1430. The topological polar surface area (TPSA) is 103 Å². The number of nitrogens with one attached hydrogen (secondary N) is 1. The number of hydrogen-bond acceptors (Lipinski definition) is 7. The molecule has 33 heavy (non-hydrogen) atoms. The van der Waals surface area contributed by atoms with E-state index in [-0.39, 0.29) is 23.5 Å². The number of aromatic nitrogens is 3. The predicted molar refractivity (Wildman–Crippen MR) is 128 cm³/mol. The highest BCUT2D eigenvalue weighted by atomic mass is 32.2. The highest BCUT2D eigenvalue weighted by Gasteiger charge is 2.16. The molecule has 0 unspecified atom stereocenters. The van der Waals surface area contributed by atoms with Crippen molar-refractivity contribution in [1.82, 2.24) is 19.5 Å². The van der Waals surface area contributed by atoms with E-state index >= 15 is 0 Å². The molecule has 0 aliphatic carbocycles. The van der Waals surface area contributed by atoms with Crippen molar-refractivity contribution < 1.29 is 13.2 Å². The smallest absolute Gasteiger partial charge is 0.266 e. The first-order chi connectivity index (χ1) is 15.9. The number of hydrogen-bond donors (Lipinski definition) is 1. The summed E-state index contributed by atoms with van der Waals surface area (Å²) >= 11 is 1.50. The number of aryl methyl sites for hydroxylation is 1. The van der Waals surface area contributed by atoms with Crippen LogP contribution in [0.4, 0.5) is 0 Å². The standard InChI is InChI=1S/C23H22N4O4S2/c1-16-22(32-23(25-16)17-7-4-3-5-8-17)20-11-12-21(28)27(26-20)14-13-24-33(29,30)19-10-6-9-18(15-19)31-2/h3-12,15,24H,13-14H2,1-2H3. The van der Waals surface area contributed by atoms with Crippen molar-refractivity contribution in [3.05, 3.63) is 82.8 Å². The fraction of sp³-hybridized carbons (Fsp3) is 0.174. The Morgan fingerprint density at radius 1 is 1.06 bits per heavy atom. The Hall–Kier alpha value is -3.34. The van der Waals surface area contributed by atoms with E-state index in [0.29, 0.717) is 11.4 Å². The molecule has 0 saturated carbocycles. The number of rotatable bonds is 8. The van der Waals surface area contributed by atoms with E-state index in [9.17, 15) is 13.2 Å². The number of methoxy groups -OCH3 is 1. The van der Waals surface area contributed by atoms with E-state index in [1.165, 1.54) is 41.3 Å². The lowest BCUT2D eigenvalue weighted by molar-refractivity contribution is 0.413. The number of thiazole rings is 1. The highest BCUT2D eigenvalue weighted by Crippen LogP contribution is 2.33. The molecule has 0 spiro atoms. The SMILES string of the molecule is COc1cccc(S(=O)(=O)NCCn2nc(-c3sc(-c4ccccc4)nc3C)ccc2=O)c1. The first-order valence-electron chi connectivity index (χ1n) is 10.1. The minimum absolute atomic E-state index is 0.00679. The first kappa shape index (κ1) is 22.8. The quantitative estimate of drug-likeness (QED) is 0.413. The van der Waals surface area contributed by atoms with Crippen LogP contribution in [-0.2, 0) is 16.6 Å². The average Bonchev–Trinajstić information content (AvgIpc) is 3.22. The molecule has 170 valence electrons. The maximum absolute atomic E-state index is 12.6. The van der Waals surface area contributed by atoms with Crippen LogP contribution >= 0.6 is 11.3 Å². The zero-order valence-electron chi connectivity index (χ0n) is 18.1. The lowest BCUT2D eigenvalue weighted by Crippen LogP contribution is -2.32. The molecule has 2 aromatic heterocycles. The Labute approximate surface area is 195 Å². The second-order valence-corrected chi connectivity index (χ2v) is 9.92. The maximum Gasteiger partial charge on any atom is 0.266 e. The third-order valence-electron chi connectivity index (χ3n) is 4.88. The molecule has 0 fully saturated rings. The molecule has 2 aromatic carbocycles. The minimum Gasteiger partial charge on any atom is -0.497 e. The molecular weight excluding hydrogens is 460 g/mol. The second kappa shape index (κ2) is 9.65. The normalized spacial score (nSPS) is 11.5.